The molecule has 1 heterocycles. The number of hydrogen-bond acceptors (Lipinski definition) is 3. The molecule has 100 valence electrons. The van der Waals surface area contributed by atoms with Gasteiger partial charge in [0.15, 0.2) is 0 Å². The lowest BCUT2D eigenvalue weighted by molar-refractivity contribution is -0.145. The number of hydrogen-bond donors (Lipinski definition) is 1. The standard InChI is InChI=1S/C13H26N2O2/c1-3-5-8-15(9-6-4-2)13(16)12-11-14-7-10-17-12/h12,14H,3-11H2,1-2H3. The number of morpholine rings is 1. The van der Waals surface area contributed by atoms with Crippen LogP contribution in [0.5, 0.6) is 0 Å². The molecule has 0 aromatic carbocycles. The first-order chi connectivity index (χ1) is 8.29. The number of nitrogens with zero attached hydrogens (tertiary/aromatic N) is 1. The Kier molecular flexibility index (Phi) is 7.21. The summed E-state index contributed by atoms with van der Waals surface area (Å²) in [4.78, 5) is 14.2. The third-order valence-corrected chi connectivity index (χ3v) is 3.08. The molecule has 1 aliphatic rings. The minimum Gasteiger partial charge on any atom is -0.366 e. The molecule has 0 spiro atoms. The van der Waals surface area contributed by atoms with Crippen molar-refractivity contribution < 1.29 is 9.53 Å². The molecule has 1 saturated heterocycles. The molecule has 17 heavy (non-hydrogen) atoms. The molecule has 0 radical (unpaired) electrons. The summed E-state index contributed by atoms with van der Waals surface area (Å²) in [5, 5.41) is 3.21. The van der Waals surface area contributed by atoms with E-state index in [0.29, 0.717) is 13.2 Å². The summed E-state index contributed by atoms with van der Waals surface area (Å²) in [6.07, 6.45) is 4.14. The zero-order valence-electron chi connectivity index (χ0n) is 11.2. The first-order valence-electron chi connectivity index (χ1n) is 6.90. The quantitative estimate of drug-likeness (QED) is 0.734. The molecule has 0 aliphatic carbocycles. The maximum atomic E-state index is 12.3. The van der Waals surface area contributed by atoms with Gasteiger partial charge in [0.05, 0.1) is 6.61 Å². The highest BCUT2D eigenvalue weighted by Crippen LogP contribution is 2.06. The van der Waals surface area contributed by atoms with Gasteiger partial charge in [-0.15, -0.1) is 0 Å². The lowest BCUT2D eigenvalue weighted by Gasteiger charge is -2.29. The van der Waals surface area contributed by atoms with E-state index >= 15 is 0 Å². The normalized spacial score (nSPS) is 20.2. The van der Waals surface area contributed by atoms with Gasteiger partial charge < -0.3 is 15.0 Å². The average molecular weight is 242 g/mol. The van der Waals surface area contributed by atoms with Crippen LogP contribution in [-0.2, 0) is 9.53 Å². The summed E-state index contributed by atoms with van der Waals surface area (Å²) < 4.78 is 5.53. The third kappa shape index (κ3) is 5.04. The van der Waals surface area contributed by atoms with Crippen LogP contribution in [0, 0.1) is 0 Å². The molecular formula is C13H26N2O2. The van der Waals surface area contributed by atoms with Crippen molar-refractivity contribution in [1.82, 2.24) is 10.2 Å². The fourth-order valence-electron chi connectivity index (χ4n) is 1.96. The minimum absolute atomic E-state index is 0.166. The molecule has 1 aliphatic heterocycles. The van der Waals surface area contributed by atoms with Crippen LogP contribution in [0.3, 0.4) is 0 Å². The van der Waals surface area contributed by atoms with E-state index in [1.165, 1.54) is 0 Å². The van der Waals surface area contributed by atoms with Gasteiger partial charge in [-0.1, -0.05) is 26.7 Å². The van der Waals surface area contributed by atoms with Gasteiger partial charge in [0, 0.05) is 26.2 Å². The first-order valence-corrected chi connectivity index (χ1v) is 6.90. The number of carbonyl (C=O) groups excluding carboxylic acids is 1. The maximum absolute atomic E-state index is 12.3. The van der Waals surface area contributed by atoms with Crippen molar-refractivity contribution >= 4 is 5.91 Å². The molecule has 0 bridgehead atoms. The second-order valence-corrected chi connectivity index (χ2v) is 4.60. The molecule has 1 fully saturated rings. The molecule has 1 unspecified atom stereocenters. The Bertz CT molecular complexity index is 207. The van der Waals surface area contributed by atoms with E-state index in [2.05, 4.69) is 19.2 Å². The third-order valence-electron chi connectivity index (χ3n) is 3.08. The Morgan fingerprint density at radius 1 is 1.29 bits per heavy atom. The van der Waals surface area contributed by atoms with Crippen molar-refractivity contribution in [1.29, 1.82) is 0 Å². The predicted molar refractivity (Wildman–Crippen MR) is 69.0 cm³/mol. The summed E-state index contributed by atoms with van der Waals surface area (Å²) in [5.41, 5.74) is 0. The highest BCUT2D eigenvalue weighted by molar-refractivity contribution is 5.81. The van der Waals surface area contributed by atoms with Crippen LogP contribution in [0.2, 0.25) is 0 Å². The Morgan fingerprint density at radius 2 is 1.94 bits per heavy atom. The number of nitrogens with one attached hydrogen (secondary N) is 1. The van der Waals surface area contributed by atoms with E-state index in [-0.39, 0.29) is 12.0 Å². The van der Waals surface area contributed by atoms with E-state index < -0.39 is 0 Å². The molecule has 0 aromatic rings. The van der Waals surface area contributed by atoms with Gasteiger partial charge in [-0.25, -0.2) is 0 Å². The SMILES string of the molecule is CCCCN(CCCC)C(=O)C1CNCCO1. The Balaban J connectivity index is 2.44. The van der Waals surface area contributed by atoms with Gasteiger partial charge in [0.25, 0.3) is 5.91 Å². The smallest absolute Gasteiger partial charge is 0.253 e. The van der Waals surface area contributed by atoms with Crippen molar-refractivity contribution in [3.63, 3.8) is 0 Å². The second kappa shape index (κ2) is 8.48. The van der Waals surface area contributed by atoms with Crippen molar-refractivity contribution in [2.24, 2.45) is 0 Å². The molecule has 0 aromatic heterocycles. The number of unbranched alkanes of at least 4 members (excludes halogenated alkanes) is 2. The van der Waals surface area contributed by atoms with Crippen molar-refractivity contribution in [3.8, 4) is 0 Å². The highest BCUT2D eigenvalue weighted by Gasteiger charge is 2.26. The Morgan fingerprint density at radius 3 is 2.41 bits per heavy atom. The first kappa shape index (κ1) is 14.5. The topological polar surface area (TPSA) is 41.6 Å². The molecule has 1 rings (SSSR count). The Hall–Kier alpha value is -0.610. The molecule has 1 atom stereocenters. The van der Waals surface area contributed by atoms with Crippen LogP contribution in [0.25, 0.3) is 0 Å². The number of rotatable bonds is 7. The van der Waals surface area contributed by atoms with Gasteiger partial charge in [-0.2, -0.15) is 0 Å². The van der Waals surface area contributed by atoms with Crippen molar-refractivity contribution in [3.05, 3.63) is 0 Å². The lowest BCUT2D eigenvalue weighted by Crippen LogP contribution is -2.49. The molecule has 4 heteroatoms. The van der Waals surface area contributed by atoms with Gasteiger partial charge in [-0.3, -0.25) is 4.79 Å². The monoisotopic (exact) mass is 242 g/mol. The lowest BCUT2D eigenvalue weighted by atomic mass is 10.2. The molecule has 0 saturated carbocycles. The minimum atomic E-state index is -0.266. The molecule has 4 nitrogen and oxygen atoms in total. The highest BCUT2D eigenvalue weighted by atomic mass is 16.5. The van der Waals surface area contributed by atoms with Gasteiger partial charge in [0.1, 0.15) is 6.10 Å². The maximum Gasteiger partial charge on any atom is 0.253 e. The van der Waals surface area contributed by atoms with Crippen LogP contribution >= 0.6 is 0 Å². The summed E-state index contributed by atoms with van der Waals surface area (Å²) in [6, 6.07) is 0. The summed E-state index contributed by atoms with van der Waals surface area (Å²) in [7, 11) is 0. The predicted octanol–water partition coefficient (Wildman–Crippen LogP) is 1.40. The number of ether oxygens (including phenoxy) is 1. The summed E-state index contributed by atoms with van der Waals surface area (Å²) in [5.74, 6) is 0.166. The van der Waals surface area contributed by atoms with Gasteiger partial charge >= 0.3 is 0 Å². The Labute approximate surface area is 105 Å². The summed E-state index contributed by atoms with van der Waals surface area (Å²) >= 11 is 0. The fourth-order valence-corrected chi connectivity index (χ4v) is 1.96. The van der Waals surface area contributed by atoms with Crippen molar-refractivity contribution in [2.75, 3.05) is 32.8 Å². The van der Waals surface area contributed by atoms with E-state index in [4.69, 9.17) is 4.74 Å². The van der Waals surface area contributed by atoms with Crippen LogP contribution in [0.4, 0.5) is 0 Å². The average Bonchev–Trinajstić information content (AvgIpc) is 2.39. The van der Waals surface area contributed by atoms with Crippen LogP contribution in [0.15, 0.2) is 0 Å². The summed E-state index contributed by atoms with van der Waals surface area (Å²) in [6.45, 7) is 8.21. The van der Waals surface area contributed by atoms with Gasteiger partial charge in [-0.05, 0) is 12.8 Å². The van der Waals surface area contributed by atoms with Crippen LogP contribution in [-0.4, -0.2) is 49.7 Å². The zero-order chi connectivity index (χ0) is 12.5. The van der Waals surface area contributed by atoms with E-state index in [0.717, 1.165) is 45.3 Å². The van der Waals surface area contributed by atoms with Gasteiger partial charge in [0.2, 0.25) is 0 Å². The van der Waals surface area contributed by atoms with Crippen molar-refractivity contribution in [2.45, 2.75) is 45.6 Å². The molecule has 1 amide bonds. The molecular weight excluding hydrogens is 216 g/mol. The number of amides is 1. The second-order valence-electron chi connectivity index (χ2n) is 4.60. The largest absolute Gasteiger partial charge is 0.366 e. The zero-order valence-corrected chi connectivity index (χ0v) is 11.2. The van der Waals surface area contributed by atoms with E-state index in [1.54, 1.807) is 0 Å². The van der Waals surface area contributed by atoms with E-state index in [9.17, 15) is 4.79 Å². The fraction of sp³-hybridized carbons (Fsp3) is 0.923. The van der Waals surface area contributed by atoms with Crippen LogP contribution in [0.1, 0.15) is 39.5 Å². The van der Waals surface area contributed by atoms with E-state index in [1.807, 2.05) is 4.90 Å². The molecule has 1 N–H and O–H groups in total. The number of carbonyl (C=O) groups is 1. The van der Waals surface area contributed by atoms with Crippen LogP contribution < -0.4 is 5.32 Å².